The third-order valence-corrected chi connectivity index (χ3v) is 5.75. The average molecular weight is 282 g/mol. The van der Waals surface area contributed by atoms with E-state index >= 15 is 0 Å². The number of hydrogen-bond acceptors (Lipinski definition) is 3. The highest BCUT2D eigenvalue weighted by atomic mass is 28.4. The van der Waals surface area contributed by atoms with E-state index in [-0.39, 0.29) is 0 Å². The normalized spacial score (nSPS) is 11.7. The summed E-state index contributed by atoms with van der Waals surface area (Å²) < 4.78 is 17.9. The van der Waals surface area contributed by atoms with Crippen LogP contribution in [-0.2, 0) is 19.3 Å². The Kier molecular flexibility index (Phi) is 7.98. The maximum absolute atomic E-state index is 6.05. The molecule has 1 aromatic carbocycles. The van der Waals surface area contributed by atoms with E-state index in [1.807, 2.05) is 32.0 Å². The molecule has 108 valence electrons. The van der Waals surface area contributed by atoms with Crippen molar-refractivity contribution in [1.82, 2.24) is 0 Å². The number of rotatable bonds is 10. The van der Waals surface area contributed by atoms with Crippen LogP contribution in [0.1, 0.15) is 39.2 Å². The van der Waals surface area contributed by atoms with Crippen LogP contribution in [0, 0.1) is 0 Å². The van der Waals surface area contributed by atoms with Gasteiger partial charge in [0, 0.05) is 25.9 Å². The molecule has 0 radical (unpaired) electrons. The second kappa shape index (κ2) is 9.26. The fourth-order valence-electron chi connectivity index (χ4n) is 1.94. The predicted molar refractivity (Wildman–Crippen MR) is 80.0 cm³/mol. The van der Waals surface area contributed by atoms with Crippen LogP contribution < -0.4 is 0 Å². The Labute approximate surface area is 118 Å². The van der Waals surface area contributed by atoms with Gasteiger partial charge in [-0.2, -0.15) is 0 Å². The molecule has 3 nitrogen and oxygen atoms in total. The molecule has 1 aromatic rings. The highest BCUT2D eigenvalue weighted by Crippen LogP contribution is 2.17. The van der Waals surface area contributed by atoms with Crippen molar-refractivity contribution in [3.05, 3.63) is 35.9 Å². The highest BCUT2D eigenvalue weighted by Gasteiger charge is 2.40. The van der Waals surface area contributed by atoms with Crippen LogP contribution in [0.15, 0.2) is 30.3 Å². The van der Waals surface area contributed by atoms with Crippen LogP contribution in [0.25, 0.3) is 0 Å². The first-order valence-corrected chi connectivity index (χ1v) is 9.15. The van der Waals surface area contributed by atoms with E-state index in [1.54, 1.807) is 0 Å². The summed E-state index contributed by atoms with van der Waals surface area (Å²) in [4.78, 5) is 0. The molecule has 0 spiro atoms. The molecule has 0 N–H and O–H groups in total. The molecule has 0 bridgehead atoms. The molecule has 0 aliphatic rings. The van der Waals surface area contributed by atoms with Gasteiger partial charge in [-0.05, 0) is 25.8 Å². The van der Waals surface area contributed by atoms with Crippen molar-refractivity contribution in [1.29, 1.82) is 0 Å². The fraction of sp³-hybridized carbons (Fsp3) is 0.600. The number of unbranched alkanes of at least 4 members (excludes halogenated alkanes) is 1. The molecule has 0 heterocycles. The topological polar surface area (TPSA) is 27.7 Å². The van der Waals surface area contributed by atoms with Crippen molar-refractivity contribution in [2.24, 2.45) is 0 Å². The van der Waals surface area contributed by atoms with Gasteiger partial charge in [-0.25, -0.2) is 0 Å². The van der Waals surface area contributed by atoms with E-state index in [0.29, 0.717) is 13.2 Å². The van der Waals surface area contributed by atoms with E-state index in [1.165, 1.54) is 5.56 Å². The zero-order valence-corrected chi connectivity index (χ0v) is 13.4. The van der Waals surface area contributed by atoms with Crippen LogP contribution in [0.5, 0.6) is 0 Å². The van der Waals surface area contributed by atoms with Gasteiger partial charge in [0.25, 0.3) is 0 Å². The number of benzene rings is 1. The van der Waals surface area contributed by atoms with Crippen LogP contribution >= 0.6 is 0 Å². The summed E-state index contributed by atoms with van der Waals surface area (Å²) in [6.45, 7) is 8.13. The first-order valence-electron chi connectivity index (χ1n) is 7.22. The molecule has 0 saturated carbocycles. The number of hydrogen-bond donors (Lipinski definition) is 0. The Bertz CT molecular complexity index is 323. The Morgan fingerprint density at radius 1 is 0.895 bits per heavy atom. The minimum Gasteiger partial charge on any atom is -0.374 e. The molecule has 0 amide bonds. The van der Waals surface area contributed by atoms with E-state index in [0.717, 1.165) is 25.5 Å². The molecular weight excluding hydrogens is 256 g/mol. The van der Waals surface area contributed by atoms with Crippen LogP contribution in [0.2, 0.25) is 0 Å². The van der Waals surface area contributed by atoms with Gasteiger partial charge in [-0.15, -0.1) is 0 Å². The van der Waals surface area contributed by atoms with Gasteiger partial charge < -0.3 is 13.3 Å². The first kappa shape index (κ1) is 16.4. The molecule has 4 heteroatoms. The van der Waals surface area contributed by atoms with Gasteiger partial charge >= 0.3 is 8.80 Å². The minimum absolute atomic E-state index is 0.630. The molecule has 0 aromatic heterocycles. The lowest BCUT2D eigenvalue weighted by Gasteiger charge is -2.29. The fourth-order valence-corrected chi connectivity index (χ4v) is 4.56. The quantitative estimate of drug-likeness (QED) is 0.485. The Hall–Kier alpha value is -0.683. The Morgan fingerprint density at radius 3 is 2.05 bits per heavy atom. The van der Waals surface area contributed by atoms with Gasteiger partial charge in [-0.1, -0.05) is 43.7 Å². The zero-order valence-electron chi connectivity index (χ0n) is 12.4. The maximum atomic E-state index is 6.05. The largest absolute Gasteiger partial charge is 0.505 e. The second-order valence-electron chi connectivity index (χ2n) is 4.41. The van der Waals surface area contributed by atoms with Crippen molar-refractivity contribution < 1.29 is 13.3 Å². The van der Waals surface area contributed by atoms with Crippen molar-refractivity contribution in [2.75, 3.05) is 19.8 Å². The molecule has 0 atom stereocenters. The molecule has 0 aliphatic heterocycles. The second-order valence-corrected chi connectivity index (χ2v) is 7.00. The summed E-state index contributed by atoms with van der Waals surface area (Å²) in [5, 5.41) is 0. The van der Waals surface area contributed by atoms with Gasteiger partial charge in [-0.3, -0.25) is 0 Å². The summed E-state index contributed by atoms with van der Waals surface area (Å²) in [7, 11) is -2.57. The lowest BCUT2D eigenvalue weighted by Crippen LogP contribution is -2.48. The molecule has 1 rings (SSSR count). The summed E-state index contributed by atoms with van der Waals surface area (Å²) in [6.07, 6.45) is 2.16. The molecular formula is C15H26O3Si. The van der Waals surface area contributed by atoms with Gasteiger partial charge in [0.15, 0.2) is 0 Å². The Balaban J connectivity index is 2.75. The van der Waals surface area contributed by atoms with Crippen molar-refractivity contribution in [3.8, 4) is 0 Å². The minimum atomic E-state index is -2.57. The van der Waals surface area contributed by atoms with Gasteiger partial charge in [0.05, 0.1) is 0 Å². The first-order chi connectivity index (χ1) is 9.26. The lowest BCUT2D eigenvalue weighted by atomic mass is 10.2. The predicted octanol–water partition coefficient (Wildman–Crippen LogP) is 3.60. The molecule has 0 fully saturated rings. The van der Waals surface area contributed by atoms with E-state index in [9.17, 15) is 0 Å². The van der Waals surface area contributed by atoms with Crippen molar-refractivity contribution in [2.45, 2.75) is 39.7 Å². The summed E-state index contributed by atoms with van der Waals surface area (Å²) >= 11 is 0. The maximum Gasteiger partial charge on any atom is 0.505 e. The monoisotopic (exact) mass is 282 g/mol. The van der Waals surface area contributed by atoms with Gasteiger partial charge in [0.1, 0.15) is 0 Å². The third kappa shape index (κ3) is 5.87. The van der Waals surface area contributed by atoms with Crippen LogP contribution in [0.4, 0.5) is 0 Å². The lowest BCUT2D eigenvalue weighted by molar-refractivity contribution is 0.0651. The highest BCUT2D eigenvalue weighted by molar-refractivity contribution is 6.60. The molecule has 0 aliphatic carbocycles. The smallest absolute Gasteiger partial charge is 0.374 e. The summed E-state index contributed by atoms with van der Waals surface area (Å²) in [5.41, 5.74) is 1.22. The average Bonchev–Trinajstić information content (AvgIpc) is 2.41. The van der Waals surface area contributed by atoms with Crippen molar-refractivity contribution >= 4 is 8.80 Å². The summed E-state index contributed by atoms with van der Waals surface area (Å²) in [5.74, 6) is 0. The van der Waals surface area contributed by atoms with Crippen LogP contribution in [-0.4, -0.2) is 28.6 Å². The Morgan fingerprint density at radius 2 is 1.53 bits per heavy atom. The van der Waals surface area contributed by atoms with Crippen LogP contribution in [0.3, 0.4) is 0 Å². The van der Waals surface area contributed by atoms with E-state index < -0.39 is 8.80 Å². The van der Waals surface area contributed by atoms with Gasteiger partial charge in [0.2, 0.25) is 0 Å². The molecule has 19 heavy (non-hydrogen) atoms. The van der Waals surface area contributed by atoms with Crippen molar-refractivity contribution in [3.63, 3.8) is 0 Å². The standard InChI is InChI=1S/C15H26O3Si/c1-4-7-13-18-19(16-5-2,17-6-3)14-15-11-9-8-10-12-15/h8-12H,4-7,13-14H2,1-3H3. The van der Waals surface area contributed by atoms with E-state index in [4.69, 9.17) is 13.3 Å². The molecule has 0 unspecified atom stereocenters. The third-order valence-electron chi connectivity index (χ3n) is 2.81. The summed E-state index contributed by atoms with van der Waals surface area (Å²) in [6, 6.07) is 11.0. The zero-order chi connectivity index (χ0) is 14.0. The molecule has 0 saturated heterocycles. The van der Waals surface area contributed by atoms with E-state index in [2.05, 4.69) is 19.1 Å². The SMILES string of the molecule is CCCCO[Si](Cc1ccccc1)(OCC)OCC.